The molecule has 0 fully saturated rings. The van der Waals surface area contributed by atoms with E-state index in [9.17, 15) is 18.0 Å². The average Bonchev–Trinajstić information content (AvgIpc) is 2.56. The van der Waals surface area contributed by atoms with Crippen LogP contribution in [0.2, 0.25) is 0 Å². The lowest BCUT2D eigenvalue weighted by Crippen LogP contribution is -2.28. The number of nitrogens with one attached hydrogen (secondary N) is 1. The summed E-state index contributed by atoms with van der Waals surface area (Å²) in [7, 11) is 1.31. The summed E-state index contributed by atoms with van der Waals surface area (Å²) in [5.74, 6) is -0.321. The van der Waals surface area contributed by atoms with Gasteiger partial charge in [-0.1, -0.05) is 13.8 Å². The van der Waals surface area contributed by atoms with Crippen LogP contribution in [-0.2, 0) is 13.2 Å². The Balaban J connectivity index is 2.85. The van der Waals surface area contributed by atoms with Crippen molar-refractivity contribution in [2.45, 2.75) is 20.0 Å². The molecule has 1 rings (SSSR count). The summed E-state index contributed by atoms with van der Waals surface area (Å²) in [6, 6.07) is 0.746. The second-order valence-corrected chi connectivity index (χ2v) is 4.14. The van der Waals surface area contributed by atoms with Gasteiger partial charge in [-0.15, -0.1) is 0 Å². The van der Waals surface area contributed by atoms with E-state index in [0.29, 0.717) is 6.54 Å². The van der Waals surface area contributed by atoms with Crippen LogP contribution in [0.4, 0.5) is 13.2 Å². The lowest BCUT2D eigenvalue weighted by Gasteiger charge is -2.06. The number of rotatable bonds is 3. The summed E-state index contributed by atoms with van der Waals surface area (Å²) in [6.45, 7) is 4.20. The number of aryl methyl sites for hydroxylation is 1. The molecule has 0 aliphatic rings. The third-order valence-corrected chi connectivity index (χ3v) is 2.07. The summed E-state index contributed by atoms with van der Waals surface area (Å²) in [5.41, 5.74) is -1.16. The largest absolute Gasteiger partial charge is 0.435 e. The monoisotopic (exact) mass is 249 g/mol. The summed E-state index contributed by atoms with van der Waals surface area (Å²) in [5, 5.41) is 5.80. The first-order chi connectivity index (χ1) is 7.71. The van der Waals surface area contributed by atoms with Crippen LogP contribution in [0.1, 0.15) is 30.0 Å². The van der Waals surface area contributed by atoms with Gasteiger partial charge in [0.1, 0.15) is 5.69 Å². The van der Waals surface area contributed by atoms with Gasteiger partial charge in [0.15, 0.2) is 5.69 Å². The van der Waals surface area contributed by atoms with Gasteiger partial charge < -0.3 is 5.32 Å². The van der Waals surface area contributed by atoms with Gasteiger partial charge in [-0.3, -0.25) is 9.48 Å². The Morgan fingerprint density at radius 2 is 2.12 bits per heavy atom. The Labute approximate surface area is 96.8 Å². The molecule has 0 saturated heterocycles. The highest BCUT2D eigenvalue weighted by Gasteiger charge is 2.35. The topological polar surface area (TPSA) is 46.9 Å². The van der Waals surface area contributed by atoms with Crippen molar-refractivity contribution < 1.29 is 18.0 Å². The number of aromatic nitrogens is 2. The summed E-state index contributed by atoms with van der Waals surface area (Å²) < 4.78 is 38.0. The first-order valence-corrected chi connectivity index (χ1v) is 5.11. The molecular formula is C10H14F3N3O. The smallest absolute Gasteiger partial charge is 0.350 e. The highest BCUT2D eigenvalue weighted by Crippen LogP contribution is 2.28. The maximum Gasteiger partial charge on any atom is 0.435 e. The average molecular weight is 249 g/mol. The normalized spacial score (nSPS) is 11.9. The molecule has 7 heteroatoms. The Morgan fingerprint density at radius 1 is 1.53 bits per heavy atom. The zero-order valence-electron chi connectivity index (χ0n) is 9.80. The number of amides is 1. The third kappa shape index (κ3) is 3.47. The van der Waals surface area contributed by atoms with Crippen molar-refractivity contribution in [2.24, 2.45) is 13.0 Å². The number of carbonyl (C=O) groups is 1. The molecule has 0 unspecified atom stereocenters. The van der Waals surface area contributed by atoms with Gasteiger partial charge in [0.25, 0.3) is 5.91 Å². The minimum atomic E-state index is -4.53. The third-order valence-electron chi connectivity index (χ3n) is 2.07. The molecular weight excluding hydrogens is 235 g/mol. The van der Waals surface area contributed by atoms with E-state index in [1.807, 2.05) is 13.8 Å². The first-order valence-electron chi connectivity index (χ1n) is 5.11. The van der Waals surface area contributed by atoms with E-state index < -0.39 is 17.8 Å². The Morgan fingerprint density at radius 3 is 2.53 bits per heavy atom. The molecule has 0 aliphatic heterocycles. The number of halogens is 3. The van der Waals surface area contributed by atoms with Crippen molar-refractivity contribution in [3.8, 4) is 0 Å². The molecule has 96 valence electrons. The van der Waals surface area contributed by atoms with Gasteiger partial charge in [-0.05, 0) is 5.92 Å². The molecule has 0 spiro atoms. The minimum absolute atomic E-state index is 0.0991. The predicted octanol–water partition coefficient (Wildman–Crippen LogP) is 1.82. The first kappa shape index (κ1) is 13.5. The zero-order chi connectivity index (χ0) is 13.2. The van der Waals surface area contributed by atoms with Crippen LogP contribution in [-0.4, -0.2) is 22.2 Å². The fourth-order valence-corrected chi connectivity index (χ4v) is 1.21. The quantitative estimate of drug-likeness (QED) is 0.888. The predicted molar refractivity (Wildman–Crippen MR) is 55.4 cm³/mol. The van der Waals surface area contributed by atoms with Crippen LogP contribution >= 0.6 is 0 Å². The molecule has 1 aromatic rings. The van der Waals surface area contributed by atoms with Gasteiger partial charge >= 0.3 is 6.18 Å². The molecule has 0 aromatic carbocycles. The van der Waals surface area contributed by atoms with Gasteiger partial charge in [0.2, 0.25) is 0 Å². The van der Waals surface area contributed by atoms with Crippen molar-refractivity contribution >= 4 is 5.91 Å². The van der Waals surface area contributed by atoms with Gasteiger partial charge in [0.05, 0.1) is 0 Å². The second kappa shape index (κ2) is 4.77. The van der Waals surface area contributed by atoms with Crippen molar-refractivity contribution in [2.75, 3.05) is 6.54 Å². The Bertz CT molecular complexity index is 409. The van der Waals surface area contributed by atoms with Crippen LogP contribution in [0.25, 0.3) is 0 Å². The van der Waals surface area contributed by atoms with E-state index in [-0.39, 0.29) is 11.6 Å². The van der Waals surface area contributed by atoms with Crippen LogP contribution in [0.15, 0.2) is 6.07 Å². The summed E-state index contributed by atoms with van der Waals surface area (Å²) in [6.07, 6.45) is -4.53. The number of nitrogens with zero attached hydrogens (tertiary/aromatic N) is 2. The fraction of sp³-hybridized carbons (Fsp3) is 0.600. The highest BCUT2D eigenvalue weighted by molar-refractivity contribution is 5.92. The highest BCUT2D eigenvalue weighted by atomic mass is 19.4. The molecule has 1 aromatic heterocycles. The maximum absolute atomic E-state index is 12.4. The van der Waals surface area contributed by atoms with E-state index in [2.05, 4.69) is 10.4 Å². The van der Waals surface area contributed by atoms with Gasteiger partial charge in [-0.25, -0.2) is 0 Å². The molecule has 0 radical (unpaired) electrons. The number of hydrogen-bond acceptors (Lipinski definition) is 2. The fourth-order valence-electron chi connectivity index (χ4n) is 1.21. The molecule has 4 nitrogen and oxygen atoms in total. The lowest BCUT2D eigenvalue weighted by atomic mass is 10.2. The zero-order valence-corrected chi connectivity index (χ0v) is 9.80. The van der Waals surface area contributed by atoms with Crippen LogP contribution < -0.4 is 5.32 Å². The standard InChI is InChI=1S/C10H14F3N3O/c1-6(2)5-14-9(17)7-4-8(10(11,12)13)15-16(7)3/h4,6H,5H2,1-3H3,(H,14,17). The summed E-state index contributed by atoms with van der Waals surface area (Å²) >= 11 is 0. The van der Waals surface area contributed by atoms with Crippen molar-refractivity contribution in [1.29, 1.82) is 0 Å². The van der Waals surface area contributed by atoms with E-state index >= 15 is 0 Å². The Kier molecular flexibility index (Phi) is 3.79. The van der Waals surface area contributed by atoms with Crippen molar-refractivity contribution in [1.82, 2.24) is 15.1 Å². The number of hydrogen-bond donors (Lipinski definition) is 1. The molecule has 1 amide bonds. The SMILES string of the molecule is CC(C)CNC(=O)c1cc(C(F)(F)F)nn1C. The van der Waals surface area contributed by atoms with Crippen molar-refractivity contribution in [3.05, 3.63) is 17.5 Å². The van der Waals surface area contributed by atoms with Crippen LogP contribution in [0.5, 0.6) is 0 Å². The van der Waals surface area contributed by atoms with Gasteiger partial charge in [0, 0.05) is 19.7 Å². The molecule has 17 heavy (non-hydrogen) atoms. The van der Waals surface area contributed by atoms with E-state index in [1.54, 1.807) is 0 Å². The molecule has 0 aliphatic carbocycles. The van der Waals surface area contributed by atoms with Crippen LogP contribution in [0.3, 0.4) is 0 Å². The number of carbonyl (C=O) groups excluding carboxylic acids is 1. The van der Waals surface area contributed by atoms with Crippen molar-refractivity contribution in [3.63, 3.8) is 0 Å². The van der Waals surface area contributed by atoms with E-state index in [0.717, 1.165) is 10.7 Å². The Hall–Kier alpha value is -1.53. The maximum atomic E-state index is 12.4. The minimum Gasteiger partial charge on any atom is -0.350 e. The molecule has 0 bridgehead atoms. The number of alkyl halides is 3. The summed E-state index contributed by atoms with van der Waals surface area (Å²) in [4.78, 5) is 11.6. The van der Waals surface area contributed by atoms with Crippen LogP contribution in [0, 0.1) is 5.92 Å². The molecule has 0 saturated carbocycles. The molecule has 1 N–H and O–H groups in total. The molecule has 0 atom stereocenters. The lowest BCUT2D eigenvalue weighted by molar-refractivity contribution is -0.141. The molecule has 1 heterocycles. The van der Waals surface area contributed by atoms with E-state index in [4.69, 9.17) is 0 Å². The van der Waals surface area contributed by atoms with E-state index in [1.165, 1.54) is 7.05 Å². The second-order valence-electron chi connectivity index (χ2n) is 4.14. The van der Waals surface area contributed by atoms with Gasteiger partial charge in [-0.2, -0.15) is 18.3 Å².